The van der Waals surface area contributed by atoms with Crippen LogP contribution in [0.4, 0.5) is 5.69 Å². The van der Waals surface area contributed by atoms with Crippen LogP contribution in [-0.2, 0) is 10.0 Å². The lowest BCUT2D eigenvalue weighted by Crippen LogP contribution is -1.94. The molecule has 0 unspecified atom stereocenters. The maximum Gasteiger partial charge on any atom is 0.299 e. The number of fused-ring (bicyclic) bond motifs is 1. The first-order valence-corrected chi connectivity index (χ1v) is 7.96. The molecule has 0 spiro atoms. The quantitative estimate of drug-likeness (QED) is 0.722. The number of aromatic hydroxyl groups is 1. The first-order chi connectivity index (χ1) is 10.5. The summed E-state index contributed by atoms with van der Waals surface area (Å²) < 4.78 is 27.6. The third-order valence-electron chi connectivity index (χ3n) is 3.20. The highest BCUT2D eigenvalue weighted by Gasteiger charge is 2.15. The first-order valence-electron chi connectivity index (χ1n) is 6.52. The molecule has 2 N–H and O–H groups in total. The van der Waals surface area contributed by atoms with Crippen LogP contribution in [0.1, 0.15) is 5.56 Å². The van der Waals surface area contributed by atoms with Gasteiger partial charge in [0.2, 0.25) is 5.88 Å². The predicted molar refractivity (Wildman–Crippen MR) is 82.8 cm³/mol. The van der Waals surface area contributed by atoms with E-state index in [2.05, 4.69) is 14.6 Å². The largest absolute Gasteiger partial charge is 0.493 e. The lowest BCUT2D eigenvalue weighted by atomic mass is 10.2. The summed E-state index contributed by atoms with van der Waals surface area (Å²) >= 11 is 0. The topological polar surface area (TPSA) is 94.9 Å². The maximum atomic E-state index is 12.1. The number of H-pyrrole nitrogens is 1. The number of hydrogen-bond acceptors (Lipinski definition) is 4. The summed E-state index contributed by atoms with van der Waals surface area (Å²) in [5.41, 5.74) is 1.74. The Labute approximate surface area is 127 Å². The third-order valence-corrected chi connectivity index (χ3v) is 4.36. The van der Waals surface area contributed by atoms with Gasteiger partial charge in [0.15, 0.2) is 5.69 Å². The second-order valence-electron chi connectivity index (χ2n) is 4.84. The highest BCUT2D eigenvalue weighted by atomic mass is 32.2. The average Bonchev–Trinajstić information content (AvgIpc) is 2.81. The zero-order valence-corrected chi connectivity index (χ0v) is 12.5. The first kappa shape index (κ1) is 14.3. The molecule has 0 saturated carbocycles. The Hall–Kier alpha value is -2.67. The number of nitrogens with one attached hydrogen (secondary N) is 1. The Balaban J connectivity index is 2.06. The molecule has 3 rings (SSSR count). The van der Waals surface area contributed by atoms with Gasteiger partial charge in [-0.25, -0.2) is 0 Å². The summed E-state index contributed by atoms with van der Waals surface area (Å²) in [4.78, 5) is 2.79. The van der Waals surface area contributed by atoms with E-state index in [1.54, 1.807) is 30.3 Å². The molecule has 0 radical (unpaired) electrons. The van der Waals surface area contributed by atoms with Crippen molar-refractivity contribution in [3.05, 3.63) is 54.1 Å². The monoisotopic (exact) mass is 315 g/mol. The van der Waals surface area contributed by atoms with Crippen molar-refractivity contribution in [2.24, 2.45) is 9.63 Å². The number of aromatic nitrogens is 1. The summed E-state index contributed by atoms with van der Waals surface area (Å²) in [7, 11) is -3.90. The fourth-order valence-electron chi connectivity index (χ4n) is 2.11. The van der Waals surface area contributed by atoms with Crippen LogP contribution in [0.3, 0.4) is 0 Å². The van der Waals surface area contributed by atoms with Gasteiger partial charge in [0.05, 0.1) is 10.4 Å². The van der Waals surface area contributed by atoms with E-state index < -0.39 is 10.0 Å². The van der Waals surface area contributed by atoms with Crippen molar-refractivity contribution in [1.29, 1.82) is 0 Å². The van der Waals surface area contributed by atoms with Gasteiger partial charge in [-0.2, -0.15) is 8.42 Å². The summed E-state index contributed by atoms with van der Waals surface area (Å²) in [6, 6.07) is 13.3. The van der Waals surface area contributed by atoms with E-state index in [0.717, 1.165) is 5.56 Å². The molecule has 3 aromatic rings. The van der Waals surface area contributed by atoms with Crippen LogP contribution >= 0.6 is 0 Å². The summed E-state index contributed by atoms with van der Waals surface area (Å²) in [5.74, 6) is -0.215. The van der Waals surface area contributed by atoms with E-state index in [9.17, 15) is 13.5 Å². The predicted octanol–water partition coefficient (Wildman–Crippen LogP) is 3.65. The number of sulfonamides is 1. The number of hydrogen-bond donors (Lipinski definition) is 2. The minimum Gasteiger partial charge on any atom is -0.493 e. The van der Waals surface area contributed by atoms with Gasteiger partial charge in [-0.15, -0.1) is 5.11 Å². The van der Waals surface area contributed by atoms with Crippen molar-refractivity contribution < 1.29 is 13.5 Å². The Morgan fingerprint density at radius 3 is 2.55 bits per heavy atom. The maximum absolute atomic E-state index is 12.1. The number of aromatic amines is 1. The second-order valence-corrected chi connectivity index (χ2v) is 6.43. The van der Waals surface area contributed by atoms with Crippen LogP contribution in [0.25, 0.3) is 10.9 Å². The molecule has 6 nitrogen and oxygen atoms in total. The molecule has 2 aromatic carbocycles. The standard InChI is InChI=1S/C15H13N3O3S/c1-10-7-8-13-12(9-10)14(15(19)16-13)17-18-22(20,21)11-5-3-2-4-6-11/h2-9,16,19H,1H3. The molecule has 7 heteroatoms. The molecule has 0 saturated heterocycles. The molecule has 1 heterocycles. The molecular formula is C15H13N3O3S. The zero-order chi connectivity index (χ0) is 15.7. The molecule has 0 aliphatic carbocycles. The second kappa shape index (κ2) is 5.27. The van der Waals surface area contributed by atoms with Gasteiger partial charge in [0.1, 0.15) is 0 Å². The van der Waals surface area contributed by atoms with Gasteiger partial charge in [0.25, 0.3) is 10.0 Å². The van der Waals surface area contributed by atoms with E-state index in [-0.39, 0.29) is 16.5 Å². The normalized spacial score (nSPS) is 12.2. The smallest absolute Gasteiger partial charge is 0.299 e. The Bertz CT molecular complexity index is 960. The third kappa shape index (κ3) is 2.58. The molecular weight excluding hydrogens is 302 g/mol. The Morgan fingerprint density at radius 1 is 1.09 bits per heavy atom. The van der Waals surface area contributed by atoms with Crippen molar-refractivity contribution in [3.8, 4) is 5.88 Å². The molecule has 0 aliphatic rings. The lowest BCUT2D eigenvalue weighted by molar-refractivity contribution is 0.459. The van der Waals surface area contributed by atoms with E-state index >= 15 is 0 Å². The van der Waals surface area contributed by atoms with Gasteiger partial charge in [0, 0.05) is 5.39 Å². The minimum atomic E-state index is -3.90. The van der Waals surface area contributed by atoms with Crippen LogP contribution in [0.2, 0.25) is 0 Å². The summed E-state index contributed by atoms with van der Waals surface area (Å²) in [6.45, 7) is 1.89. The van der Waals surface area contributed by atoms with Crippen LogP contribution in [-0.4, -0.2) is 18.5 Å². The van der Waals surface area contributed by atoms with Crippen molar-refractivity contribution in [1.82, 2.24) is 4.98 Å². The number of aryl methyl sites for hydroxylation is 1. The van der Waals surface area contributed by atoms with E-state index in [1.807, 2.05) is 13.0 Å². The molecule has 0 bridgehead atoms. The van der Waals surface area contributed by atoms with Crippen LogP contribution in [0.15, 0.2) is 63.1 Å². The molecule has 22 heavy (non-hydrogen) atoms. The highest BCUT2D eigenvalue weighted by molar-refractivity contribution is 7.90. The van der Waals surface area contributed by atoms with Crippen LogP contribution in [0, 0.1) is 6.92 Å². The van der Waals surface area contributed by atoms with E-state index in [1.165, 1.54) is 12.1 Å². The minimum absolute atomic E-state index is 0.0502. The van der Waals surface area contributed by atoms with Crippen LogP contribution in [0.5, 0.6) is 5.88 Å². The molecule has 1 aromatic heterocycles. The Morgan fingerprint density at radius 2 is 1.82 bits per heavy atom. The van der Waals surface area contributed by atoms with Crippen molar-refractivity contribution in [3.63, 3.8) is 0 Å². The van der Waals surface area contributed by atoms with Gasteiger partial charge >= 0.3 is 0 Å². The van der Waals surface area contributed by atoms with Gasteiger partial charge < -0.3 is 10.1 Å². The summed E-state index contributed by atoms with van der Waals surface area (Å²) in [6.07, 6.45) is 0. The van der Waals surface area contributed by atoms with E-state index in [4.69, 9.17) is 0 Å². The van der Waals surface area contributed by atoms with Crippen LogP contribution < -0.4 is 0 Å². The highest BCUT2D eigenvalue weighted by Crippen LogP contribution is 2.36. The zero-order valence-electron chi connectivity index (χ0n) is 11.7. The van der Waals surface area contributed by atoms with Crippen molar-refractivity contribution in [2.75, 3.05) is 0 Å². The number of nitrogens with zero attached hydrogens (tertiary/aromatic N) is 2. The Kier molecular flexibility index (Phi) is 3.42. The molecule has 0 aliphatic heterocycles. The van der Waals surface area contributed by atoms with Gasteiger partial charge in [-0.3, -0.25) is 0 Å². The molecule has 0 atom stereocenters. The van der Waals surface area contributed by atoms with Gasteiger partial charge in [-0.1, -0.05) is 34.3 Å². The van der Waals surface area contributed by atoms with Gasteiger partial charge in [-0.05, 0) is 31.2 Å². The van der Waals surface area contributed by atoms with Crippen molar-refractivity contribution >= 4 is 26.6 Å². The number of benzene rings is 2. The summed E-state index contributed by atoms with van der Waals surface area (Å²) in [5, 5.41) is 14.2. The fourth-order valence-corrected chi connectivity index (χ4v) is 2.90. The SMILES string of the molecule is Cc1ccc2[nH]c(O)c(N=NS(=O)(=O)c3ccccc3)c2c1. The number of rotatable bonds is 3. The molecule has 112 valence electrons. The average molecular weight is 315 g/mol. The van der Waals surface area contributed by atoms with Crippen molar-refractivity contribution in [2.45, 2.75) is 11.8 Å². The molecule has 0 amide bonds. The van der Waals surface area contributed by atoms with E-state index in [0.29, 0.717) is 10.9 Å². The molecule has 0 fully saturated rings. The lowest BCUT2D eigenvalue weighted by Gasteiger charge is -1.97. The fraction of sp³-hybridized carbons (Fsp3) is 0.0667.